The van der Waals surface area contributed by atoms with Gasteiger partial charge in [0.25, 0.3) is 5.92 Å². The molecule has 0 bridgehead atoms. The van der Waals surface area contributed by atoms with Gasteiger partial charge < -0.3 is 0 Å². The van der Waals surface area contributed by atoms with E-state index in [-0.39, 0.29) is 12.3 Å². The van der Waals surface area contributed by atoms with Crippen LogP contribution >= 0.6 is 0 Å². The van der Waals surface area contributed by atoms with Gasteiger partial charge in [-0.2, -0.15) is 0 Å². The summed E-state index contributed by atoms with van der Waals surface area (Å²) in [5.74, 6) is -2.51. The summed E-state index contributed by atoms with van der Waals surface area (Å²) in [4.78, 5) is 0. The Morgan fingerprint density at radius 2 is 1.65 bits per heavy atom. The summed E-state index contributed by atoms with van der Waals surface area (Å²) in [6.07, 6.45) is 10.5. The van der Waals surface area contributed by atoms with E-state index in [1.54, 1.807) is 6.92 Å². The van der Waals surface area contributed by atoms with Crippen molar-refractivity contribution >= 4 is 0 Å². The summed E-state index contributed by atoms with van der Waals surface area (Å²) >= 11 is 0. The molecule has 0 aliphatic heterocycles. The van der Waals surface area contributed by atoms with Crippen molar-refractivity contribution in [3.05, 3.63) is 0 Å². The zero-order valence-corrected chi connectivity index (χ0v) is 11.5. The maximum Gasteiger partial charge on any atom is 0.250 e. The Kier molecular flexibility index (Phi) is 6.43. The maximum atomic E-state index is 13.5. The summed E-state index contributed by atoms with van der Waals surface area (Å²) in [5, 5.41) is 0. The average molecular weight is 246 g/mol. The van der Waals surface area contributed by atoms with Crippen LogP contribution in [-0.2, 0) is 0 Å². The van der Waals surface area contributed by atoms with Gasteiger partial charge in [0.15, 0.2) is 0 Å². The molecule has 1 aliphatic carbocycles. The Labute approximate surface area is 105 Å². The Bertz CT molecular complexity index is 201. The van der Waals surface area contributed by atoms with E-state index in [1.165, 1.54) is 32.1 Å². The molecule has 1 rings (SSSR count). The van der Waals surface area contributed by atoms with E-state index >= 15 is 0 Å². The van der Waals surface area contributed by atoms with Crippen LogP contribution in [-0.4, -0.2) is 5.92 Å². The molecule has 2 heteroatoms. The highest BCUT2D eigenvalue weighted by Gasteiger charge is 2.41. The molecule has 17 heavy (non-hydrogen) atoms. The molecule has 0 aromatic carbocycles. The lowest BCUT2D eigenvalue weighted by molar-refractivity contribution is -0.0964. The van der Waals surface area contributed by atoms with Crippen LogP contribution in [0.15, 0.2) is 0 Å². The first-order valence-electron chi connectivity index (χ1n) is 7.44. The number of halogens is 2. The molecule has 0 N–H and O–H groups in total. The molecule has 1 aliphatic rings. The predicted molar refractivity (Wildman–Crippen MR) is 69.4 cm³/mol. The van der Waals surface area contributed by atoms with Gasteiger partial charge >= 0.3 is 0 Å². The lowest BCUT2D eigenvalue weighted by atomic mass is 9.78. The van der Waals surface area contributed by atoms with Crippen molar-refractivity contribution < 1.29 is 8.78 Å². The Balaban J connectivity index is 2.08. The number of hydrogen-bond acceptors (Lipinski definition) is 0. The normalized spacial score (nSPS) is 28.2. The average Bonchev–Trinajstić information content (AvgIpc) is 2.28. The number of unbranched alkanes of at least 4 members (excludes halogenated alkanes) is 5. The van der Waals surface area contributed by atoms with Crippen molar-refractivity contribution in [1.82, 2.24) is 0 Å². The van der Waals surface area contributed by atoms with Gasteiger partial charge in [0.2, 0.25) is 0 Å². The highest BCUT2D eigenvalue weighted by molar-refractivity contribution is 4.83. The van der Waals surface area contributed by atoms with Gasteiger partial charge in [-0.25, -0.2) is 8.78 Å². The molecule has 0 spiro atoms. The smallest absolute Gasteiger partial charge is 0.207 e. The Hall–Kier alpha value is -0.140. The Morgan fingerprint density at radius 1 is 1.00 bits per heavy atom. The molecule has 102 valence electrons. The van der Waals surface area contributed by atoms with Gasteiger partial charge in [0.1, 0.15) is 0 Å². The lowest BCUT2D eigenvalue weighted by Gasteiger charge is -2.34. The van der Waals surface area contributed by atoms with Crippen LogP contribution in [0.3, 0.4) is 0 Å². The van der Waals surface area contributed by atoms with Crippen molar-refractivity contribution in [2.75, 3.05) is 0 Å². The summed E-state index contributed by atoms with van der Waals surface area (Å²) < 4.78 is 27.0. The fraction of sp³-hybridized carbons (Fsp3) is 1.00. The summed E-state index contributed by atoms with van der Waals surface area (Å²) in [5.41, 5.74) is 0. The molecule has 0 aromatic heterocycles. The number of alkyl halides is 2. The summed E-state index contributed by atoms with van der Waals surface area (Å²) in [6, 6.07) is 0. The largest absolute Gasteiger partial charge is 0.250 e. The fourth-order valence-electron chi connectivity index (χ4n) is 2.84. The molecule has 1 saturated carbocycles. The number of hydrogen-bond donors (Lipinski definition) is 0. The van der Waals surface area contributed by atoms with Crippen LogP contribution in [0.4, 0.5) is 8.78 Å². The standard InChI is InChI=1S/C15H28F2/c1-3-4-5-6-7-8-9-14-11-10-13(2)15(16,17)12-14/h13-14H,3-12H2,1-2H3. The van der Waals surface area contributed by atoms with E-state index in [9.17, 15) is 8.78 Å². The molecule has 0 amide bonds. The van der Waals surface area contributed by atoms with Gasteiger partial charge in [0.05, 0.1) is 0 Å². The highest BCUT2D eigenvalue weighted by Crippen LogP contribution is 2.42. The Morgan fingerprint density at radius 3 is 2.29 bits per heavy atom. The van der Waals surface area contributed by atoms with E-state index in [2.05, 4.69) is 6.92 Å². The quantitative estimate of drug-likeness (QED) is 0.497. The van der Waals surface area contributed by atoms with Crippen molar-refractivity contribution in [2.45, 2.75) is 84.0 Å². The monoisotopic (exact) mass is 246 g/mol. The molecule has 0 radical (unpaired) electrons. The molecule has 0 saturated heterocycles. The minimum Gasteiger partial charge on any atom is -0.207 e. The third-order valence-electron chi connectivity index (χ3n) is 4.26. The molecular formula is C15H28F2. The first kappa shape index (κ1) is 14.9. The molecule has 1 fully saturated rings. The first-order valence-corrected chi connectivity index (χ1v) is 7.44. The van der Waals surface area contributed by atoms with E-state index in [0.29, 0.717) is 6.42 Å². The van der Waals surface area contributed by atoms with Gasteiger partial charge in [-0.15, -0.1) is 0 Å². The number of rotatable bonds is 7. The van der Waals surface area contributed by atoms with Crippen molar-refractivity contribution in [2.24, 2.45) is 11.8 Å². The van der Waals surface area contributed by atoms with E-state index < -0.39 is 11.8 Å². The van der Waals surface area contributed by atoms with Crippen LogP contribution in [0.25, 0.3) is 0 Å². The van der Waals surface area contributed by atoms with E-state index in [1.807, 2.05) is 0 Å². The molecule has 0 nitrogen and oxygen atoms in total. The van der Waals surface area contributed by atoms with Gasteiger partial charge in [-0.3, -0.25) is 0 Å². The molecule has 0 aromatic rings. The van der Waals surface area contributed by atoms with Gasteiger partial charge in [0, 0.05) is 12.3 Å². The lowest BCUT2D eigenvalue weighted by Crippen LogP contribution is -2.33. The predicted octanol–water partition coefficient (Wildman–Crippen LogP) is 5.81. The van der Waals surface area contributed by atoms with E-state index in [4.69, 9.17) is 0 Å². The second-order valence-corrected chi connectivity index (χ2v) is 5.87. The zero-order valence-electron chi connectivity index (χ0n) is 11.5. The van der Waals surface area contributed by atoms with Gasteiger partial charge in [-0.1, -0.05) is 58.8 Å². The molecule has 0 heterocycles. The third-order valence-corrected chi connectivity index (χ3v) is 4.26. The minimum absolute atomic E-state index is 0.142. The summed E-state index contributed by atoms with van der Waals surface area (Å²) in [6.45, 7) is 3.91. The van der Waals surface area contributed by atoms with Crippen LogP contribution in [0, 0.1) is 11.8 Å². The first-order chi connectivity index (χ1) is 8.06. The van der Waals surface area contributed by atoms with E-state index in [0.717, 1.165) is 19.3 Å². The zero-order chi connectivity index (χ0) is 12.7. The van der Waals surface area contributed by atoms with Gasteiger partial charge in [-0.05, 0) is 18.8 Å². The highest BCUT2D eigenvalue weighted by atomic mass is 19.3. The van der Waals surface area contributed by atoms with Crippen LogP contribution in [0.1, 0.15) is 78.1 Å². The molecule has 2 atom stereocenters. The van der Waals surface area contributed by atoms with Crippen LogP contribution in [0.2, 0.25) is 0 Å². The second-order valence-electron chi connectivity index (χ2n) is 5.87. The second kappa shape index (κ2) is 7.33. The van der Waals surface area contributed by atoms with Crippen LogP contribution in [0.5, 0.6) is 0 Å². The fourth-order valence-corrected chi connectivity index (χ4v) is 2.84. The summed E-state index contributed by atoms with van der Waals surface area (Å²) in [7, 11) is 0. The minimum atomic E-state index is -2.40. The SMILES string of the molecule is CCCCCCCCC1CCC(C)C(F)(F)C1. The molecule has 2 unspecified atom stereocenters. The van der Waals surface area contributed by atoms with Crippen molar-refractivity contribution in [3.63, 3.8) is 0 Å². The third kappa shape index (κ3) is 5.35. The van der Waals surface area contributed by atoms with Crippen molar-refractivity contribution in [1.29, 1.82) is 0 Å². The topological polar surface area (TPSA) is 0 Å². The maximum absolute atomic E-state index is 13.5. The van der Waals surface area contributed by atoms with Crippen LogP contribution < -0.4 is 0 Å². The molecular weight excluding hydrogens is 218 g/mol. The van der Waals surface area contributed by atoms with Crippen molar-refractivity contribution in [3.8, 4) is 0 Å².